The summed E-state index contributed by atoms with van der Waals surface area (Å²) in [5.74, 6) is 0. The van der Waals surface area contributed by atoms with Gasteiger partial charge in [-0.05, 0) is 19.3 Å². The highest BCUT2D eigenvalue weighted by Gasteiger charge is 2.21. The van der Waals surface area contributed by atoms with Crippen LogP contribution in [-0.2, 0) is 0 Å². The Bertz CT molecular complexity index is 248. The molecule has 2 atom stereocenters. The Labute approximate surface area is 158 Å². The molecule has 0 aromatic rings. The summed E-state index contributed by atoms with van der Waals surface area (Å²) in [6.07, 6.45) is 18.5. The number of hydrogen-bond donors (Lipinski definition) is 2. The van der Waals surface area contributed by atoms with Crippen LogP contribution in [0, 0.1) is 0 Å². The highest BCUT2D eigenvalue weighted by atomic mass is 16.3. The normalized spacial score (nSPS) is 14.2. The third-order valence-electron chi connectivity index (χ3n) is 5.13. The zero-order chi connectivity index (χ0) is 18.8. The largest absolute Gasteiger partial charge is 0.378 e. The minimum atomic E-state index is -0.487. The second kappa shape index (κ2) is 18.7. The van der Waals surface area contributed by atoms with Crippen LogP contribution < -0.4 is 0 Å². The van der Waals surface area contributed by atoms with Gasteiger partial charge in [-0.1, -0.05) is 104 Å². The van der Waals surface area contributed by atoms with Gasteiger partial charge in [-0.15, -0.1) is 0 Å². The molecule has 0 saturated heterocycles. The van der Waals surface area contributed by atoms with Gasteiger partial charge in [0.15, 0.2) is 0 Å². The SMILES string of the molecule is CCCCCCCCCCCCCCN(C(O)CCC)C(O)CCC. The van der Waals surface area contributed by atoms with Gasteiger partial charge in [0.2, 0.25) is 0 Å². The van der Waals surface area contributed by atoms with Crippen molar-refractivity contribution in [2.24, 2.45) is 0 Å². The number of unbranched alkanes of at least 4 members (excludes halogenated alkanes) is 11. The van der Waals surface area contributed by atoms with Crippen LogP contribution in [0.15, 0.2) is 0 Å². The van der Waals surface area contributed by atoms with Crippen LogP contribution in [0.5, 0.6) is 0 Å². The van der Waals surface area contributed by atoms with Crippen LogP contribution in [-0.4, -0.2) is 34.1 Å². The minimum absolute atomic E-state index is 0.487. The monoisotopic (exact) mass is 357 g/mol. The lowest BCUT2D eigenvalue weighted by Gasteiger charge is -2.32. The Balaban J connectivity index is 3.64. The second-order valence-electron chi connectivity index (χ2n) is 7.67. The fraction of sp³-hybridized carbons (Fsp3) is 1.00. The van der Waals surface area contributed by atoms with Gasteiger partial charge >= 0.3 is 0 Å². The highest BCUT2D eigenvalue weighted by molar-refractivity contribution is 4.66. The molecule has 0 aliphatic heterocycles. The Hall–Kier alpha value is -0.120. The fourth-order valence-electron chi connectivity index (χ4n) is 3.48. The predicted octanol–water partition coefficient (Wildman–Crippen LogP) is 6.23. The first-order valence-corrected chi connectivity index (χ1v) is 11.3. The Morgan fingerprint density at radius 1 is 0.520 bits per heavy atom. The summed E-state index contributed by atoms with van der Waals surface area (Å²) in [5.41, 5.74) is 0. The van der Waals surface area contributed by atoms with Crippen molar-refractivity contribution in [2.45, 2.75) is 136 Å². The maximum Gasteiger partial charge on any atom is 0.109 e. The first-order valence-electron chi connectivity index (χ1n) is 11.3. The average Bonchev–Trinajstić information content (AvgIpc) is 2.59. The van der Waals surface area contributed by atoms with Crippen molar-refractivity contribution < 1.29 is 10.2 Å². The van der Waals surface area contributed by atoms with Gasteiger partial charge < -0.3 is 10.2 Å². The molecule has 0 saturated carbocycles. The van der Waals surface area contributed by atoms with E-state index in [4.69, 9.17) is 0 Å². The number of nitrogens with zero attached hydrogens (tertiary/aromatic N) is 1. The van der Waals surface area contributed by atoms with E-state index in [-0.39, 0.29) is 0 Å². The van der Waals surface area contributed by atoms with E-state index in [2.05, 4.69) is 20.8 Å². The molecule has 3 heteroatoms. The molecule has 0 heterocycles. The zero-order valence-corrected chi connectivity index (χ0v) is 17.5. The van der Waals surface area contributed by atoms with E-state index >= 15 is 0 Å². The Morgan fingerprint density at radius 3 is 1.24 bits per heavy atom. The average molecular weight is 358 g/mol. The van der Waals surface area contributed by atoms with Gasteiger partial charge in [-0.25, -0.2) is 0 Å². The van der Waals surface area contributed by atoms with Crippen molar-refractivity contribution >= 4 is 0 Å². The summed E-state index contributed by atoms with van der Waals surface area (Å²) in [4.78, 5) is 1.91. The molecule has 0 aromatic carbocycles. The van der Waals surface area contributed by atoms with Gasteiger partial charge in [-0.2, -0.15) is 0 Å². The van der Waals surface area contributed by atoms with E-state index in [1.165, 1.54) is 70.6 Å². The molecule has 0 aliphatic carbocycles. The first kappa shape index (κ1) is 24.9. The summed E-state index contributed by atoms with van der Waals surface area (Å²) < 4.78 is 0. The molecule has 0 aromatic heterocycles. The highest BCUT2D eigenvalue weighted by Crippen LogP contribution is 2.15. The number of aliphatic hydroxyl groups excluding tert-OH is 2. The summed E-state index contributed by atoms with van der Waals surface area (Å²) in [5, 5.41) is 20.5. The van der Waals surface area contributed by atoms with Crippen molar-refractivity contribution in [1.82, 2.24) is 4.90 Å². The molecule has 0 aliphatic rings. The van der Waals surface area contributed by atoms with E-state index in [0.29, 0.717) is 0 Å². The van der Waals surface area contributed by atoms with Crippen molar-refractivity contribution in [3.05, 3.63) is 0 Å². The molecule has 25 heavy (non-hydrogen) atoms. The quantitative estimate of drug-likeness (QED) is 0.213. The molecule has 2 N–H and O–H groups in total. The minimum Gasteiger partial charge on any atom is -0.378 e. The summed E-state index contributed by atoms with van der Waals surface area (Å²) in [6.45, 7) is 7.25. The topological polar surface area (TPSA) is 43.7 Å². The van der Waals surface area contributed by atoms with Crippen LogP contribution in [0.1, 0.15) is 124 Å². The molecule has 0 rings (SSSR count). The lowest BCUT2D eigenvalue weighted by atomic mass is 10.1. The first-order chi connectivity index (χ1) is 12.2. The Kier molecular flexibility index (Phi) is 18.6. The number of rotatable bonds is 19. The van der Waals surface area contributed by atoms with Crippen molar-refractivity contribution in [3.8, 4) is 0 Å². The molecule has 152 valence electrons. The molecule has 0 radical (unpaired) electrons. The van der Waals surface area contributed by atoms with Crippen LogP contribution >= 0.6 is 0 Å². The fourth-order valence-corrected chi connectivity index (χ4v) is 3.48. The molecule has 0 fully saturated rings. The maximum atomic E-state index is 10.2. The number of hydrogen-bond acceptors (Lipinski definition) is 3. The summed E-state index contributed by atoms with van der Waals surface area (Å²) in [6, 6.07) is 0. The predicted molar refractivity (Wildman–Crippen MR) is 110 cm³/mol. The van der Waals surface area contributed by atoms with Gasteiger partial charge in [0, 0.05) is 6.54 Å². The second-order valence-corrected chi connectivity index (χ2v) is 7.67. The molecule has 0 spiro atoms. The molecular weight excluding hydrogens is 310 g/mol. The standard InChI is InChI=1S/C22H47NO2/c1-4-7-8-9-10-11-12-13-14-15-16-17-20-23(21(24)18-5-2)22(25)19-6-3/h21-22,24-25H,4-20H2,1-3H3. The Morgan fingerprint density at radius 2 is 0.880 bits per heavy atom. The van der Waals surface area contributed by atoms with Gasteiger partial charge in [0.25, 0.3) is 0 Å². The maximum absolute atomic E-state index is 10.2. The van der Waals surface area contributed by atoms with Crippen molar-refractivity contribution in [1.29, 1.82) is 0 Å². The van der Waals surface area contributed by atoms with Crippen LogP contribution in [0.3, 0.4) is 0 Å². The van der Waals surface area contributed by atoms with Crippen LogP contribution in [0.4, 0.5) is 0 Å². The van der Waals surface area contributed by atoms with E-state index < -0.39 is 12.5 Å². The summed E-state index contributed by atoms with van der Waals surface area (Å²) >= 11 is 0. The molecule has 0 amide bonds. The lowest BCUT2D eigenvalue weighted by Crippen LogP contribution is -2.43. The molecule has 3 nitrogen and oxygen atoms in total. The zero-order valence-electron chi connectivity index (χ0n) is 17.5. The lowest BCUT2D eigenvalue weighted by molar-refractivity contribution is -0.108. The number of aliphatic hydroxyl groups is 2. The van der Waals surface area contributed by atoms with E-state index in [1.54, 1.807) is 0 Å². The molecule has 0 bridgehead atoms. The van der Waals surface area contributed by atoms with E-state index in [1.807, 2.05) is 4.90 Å². The molecule has 2 unspecified atom stereocenters. The molecular formula is C22H47NO2. The van der Waals surface area contributed by atoms with E-state index in [9.17, 15) is 10.2 Å². The smallest absolute Gasteiger partial charge is 0.109 e. The van der Waals surface area contributed by atoms with Gasteiger partial charge in [-0.3, -0.25) is 4.90 Å². The third-order valence-corrected chi connectivity index (χ3v) is 5.13. The van der Waals surface area contributed by atoms with Gasteiger partial charge in [0.1, 0.15) is 12.5 Å². The third kappa shape index (κ3) is 14.7. The van der Waals surface area contributed by atoms with Crippen molar-refractivity contribution in [3.63, 3.8) is 0 Å². The van der Waals surface area contributed by atoms with Crippen LogP contribution in [0.25, 0.3) is 0 Å². The van der Waals surface area contributed by atoms with Crippen LogP contribution in [0.2, 0.25) is 0 Å². The summed E-state index contributed by atoms with van der Waals surface area (Å²) in [7, 11) is 0. The van der Waals surface area contributed by atoms with Gasteiger partial charge in [0.05, 0.1) is 0 Å². The van der Waals surface area contributed by atoms with E-state index in [0.717, 1.165) is 38.6 Å². The van der Waals surface area contributed by atoms with Crippen molar-refractivity contribution in [2.75, 3.05) is 6.54 Å².